The maximum atomic E-state index is 11.6. The Morgan fingerprint density at radius 3 is 3.20 bits per heavy atom. The Kier molecular flexibility index (Phi) is 4.64. The number of nitrogens with one attached hydrogen (secondary N) is 2. The van der Waals surface area contributed by atoms with Gasteiger partial charge < -0.3 is 10.2 Å². The van der Waals surface area contributed by atoms with Crippen LogP contribution in [0.15, 0.2) is 0 Å². The van der Waals surface area contributed by atoms with Gasteiger partial charge in [-0.1, -0.05) is 5.92 Å². The fourth-order valence-electron chi connectivity index (χ4n) is 1.37. The summed E-state index contributed by atoms with van der Waals surface area (Å²) in [6.45, 7) is 1.97. The first-order valence-electron chi connectivity index (χ1n) is 4.92. The summed E-state index contributed by atoms with van der Waals surface area (Å²) >= 11 is 0. The van der Waals surface area contributed by atoms with E-state index >= 15 is 0 Å². The molecular formula is C10H15N3O2. The highest BCUT2D eigenvalue weighted by atomic mass is 16.2. The van der Waals surface area contributed by atoms with E-state index in [2.05, 4.69) is 16.6 Å². The maximum Gasteiger partial charge on any atom is 0.239 e. The largest absolute Gasteiger partial charge is 0.354 e. The van der Waals surface area contributed by atoms with Crippen LogP contribution in [-0.2, 0) is 9.59 Å². The van der Waals surface area contributed by atoms with Crippen molar-refractivity contribution in [2.24, 2.45) is 0 Å². The molecule has 0 saturated carbocycles. The highest BCUT2D eigenvalue weighted by Crippen LogP contribution is 1.96. The molecule has 0 atom stereocenters. The summed E-state index contributed by atoms with van der Waals surface area (Å²) in [6.07, 6.45) is 5.84. The Morgan fingerprint density at radius 1 is 1.67 bits per heavy atom. The van der Waals surface area contributed by atoms with Gasteiger partial charge in [-0.15, -0.1) is 6.42 Å². The van der Waals surface area contributed by atoms with E-state index in [4.69, 9.17) is 6.42 Å². The third kappa shape index (κ3) is 4.00. The lowest BCUT2D eigenvalue weighted by Gasteiger charge is -2.18. The van der Waals surface area contributed by atoms with Gasteiger partial charge in [0, 0.05) is 13.1 Å². The Hall–Kier alpha value is -1.54. The number of amides is 2. The van der Waals surface area contributed by atoms with Gasteiger partial charge in [-0.25, -0.2) is 0 Å². The summed E-state index contributed by atoms with van der Waals surface area (Å²) < 4.78 is 0. The average Bonchev–Trinajstić information content (AvgIpc) is 2.43. The van der Waals surface area contributed by atoms with Crippen molar-refractivity contribution < 1.29 is 9.59 Å². The zero-order valence-corrected chi connectivity index (χ0v) is 8.58. The lowest BCUT2D eigenvalue weighted by Crippen LogP contribution is -2.42. The van der Waals surface area contributed by atoms with Gasteiger partial charge in [0.15, 0.2) is 0 Å². The second-order valence-electron chi connectivity index (χ2n) is 3.33. The Bertz CT molecular complexity index is 283. The monoisotopic (exact) mass is 209 g/mol. The van der Waals surface area contributed by atoms with Gasteiger partial charge in [0.05, 0.1) is 19.6 Å². The number of hydrogen-bond acceptors (Lipinski definition) is 3. The molecule has 0 spiro atoms. The molecule has 5 heteroatoms. The van der Waals surface area contributed by atoms with Crippen molar-refractivity contribution in [3.63, 3.8) is 0 Å². The molecule has 1 saturated heterocycles. The molecule has 0 unspecified atom stereocenters. The van der Waals surface area contributed by atoms with Crippen LogP contribution in [0, 0.1) is 12.3 Å². The Labute approximate surface area is 89.2 Å². The molecule has 0 aliphatic carbocycles. The number of nitrogens with zero attached hydrogens (tertiary/aromatic N) is 1. The third-order valence-electron chi connectivity index (χ3n) is 2.12. The number of hydrogen-bond donors (Lipinski definition) is 2. The minimum atomic E-state index is -0.0993. The van der Waals surface area contributed by atoms with Gasteiger partial charge in [-0.3, -0.25) is 14.9 Å². The van der Waals surface area contributed by atoms with Gasteiger partial charge in [0.1, 0.15) is 0 Å². The second kappa shape index (κ2) is 6.04. The van der Waals surface area contributed by atoms with Gasteiger partial charge in [0.25, 0.3) is 0 Å². The first kappa shape index (κ1) is 11.5. The highest BCUT2D eigenvalue weighted by Gasteiger charge is 2.18. The Balaban J connectivity index is 2.37. The van der Waals surface area contributed by atoms with Crippen LogP contribution in [0.3, 0.4) is 0 Å². The predicted octanol–water partition coefficient (Wildman–Crippen LogP) is -1.44. The van der Waals surface area contributed by atoms with E-state index in [1.165, 1.54) is 0 Å². The summed E-state index contributed by atoms with van der Waals surface area (Å²) in [7, 11) is 0. The van der Waals surface area contributed by atoms with Crippen LogP contribution in [-0.4, -0.2) is 49.4 Å². The first-order valence-corrected chi connectivity index (χ1v) is 4.92. The van der Waals surface area contributed by atoms with Crippen LogP contribution in [0.2, 0.25) is 0 Å². The molecule has 1 heterocycles. The van der Waals surface area contributed by atoms with E-state index in [0.29, 0.717) is 19.6 Å². The van der Waals surface area contributed by atoms with Crippen molar-refractivity contribution in [1.82, 2.24) is 15.5 Å². The van der Waals surface area contributed by atoms with Crippen molar-refractivity contribution in [3.8, 4) is 12.3 Å². The first-order chi connectivity index (χ1) is 7.24. The second-order valence-corrected chi connectivity index (χ2v) is 3.33. The molecule has 82 valence electrons. The summed E-state index contributed by atoms with van der Waals surface area (Å²) in [6, 6.07) is 0. The lowest BCUT2D eigenvalue weighted by atomic mass is 10.4. The van der Waals surface area contributed by atoms with Crippen LogP contribution in [0.5, 0.6) is 0 Å². The smallest absolute Gasteiger partial charge is 0.239 e. The molecule has 15 heavy (non-hydrogen) atoms. The number of rotatable bonds is 3. The highest BCUT2D eigenvalue weighted by molar-refractivity contribution is 5.86. The summed E-state index contributed by atoms with van der Waals surface area (Å²) in [4.78, 5) is 24.3. The average molecular weight is 209 g/mol. The van der Waals surface area contributed by atoms with E-state index in [9.17, 15) is 9.59 Å². The lowest BCUT2D eigenvalue weighted by molar-refractivity contribution is -0.134. The number of terminal acetylenes is 1. The minimum Gasteiger partial charge on any atom is -0.354 e. The number of carbonyl (C=O) groups excluding carboxylic acids is 2. The van der Waals surface area contributed by atoms with E-state index in [-0.39, 0.29) is 24.9 Å². The molecule has 5 nitrogen and oxygen atoms in total. The van der Waals surface area contributed by atoms with Crippen molar-refractivity contribution >= 4 is 11.8 Å². The predicted molar refractivity (Wildman–Crippen MR) is 55.9 cm³/mol. The Morgan fingerprint density at radius 2 is 2.47 bits per heavy atom. The SMILES string of the molecule is C#CCNCC(=O)N1CCCNC(=O)C1. The topological polar surface area (TPSA) is 61.4 Å². The molecule has 2 amide bonds. The summed E-state index contributed by atoms with van der Waals surface area (Å²) in [5, 5.41) is 5.52. The van der Waals surface area contributed by atoms with E-state index in [0.717, 1.165) is 6.42 Å². The molecule has 0 bridgehead atoms. The van der Waals surface area contributed by atoms with Crippen LogP contribution in [0.1, 0.15) is 6.42 Å². The van der Waals surface area contributed by atoms with Crippen molar-refractivity contribution in [3.05, 3.63) is 0 Å². The fourth-order valence-corrected chi connectivity index (χ4v) is 1.37. The maximum absolute atomic E-state index is 11.6. The van der Waals surface area contributed by atoms with E-state index in [1.807, 2.05) is 0 Å². The van der Waals surface area contributed by atoms with Gasteiger partial charge in [0.2, 0.25) is 11.8 Å². The van der Waals surface area contributed by atoms with Crippen LogP contribution < -0.4 is 10.6 Å². The van der Waals surface area contributed by atoms with Crippen LogP contribution in [0.4, 0.5) is 0 Å². The zero-order chi connectivity index (χ0) is 11.1. The molecule has 1 rings (SSSR count). The molecule has 2 N–H and O–H groups in total. The fraction of sp³-hybridized carbons (Fsp3) is 0.600. The normalized spacial score (nSPS) is 16.5. The molecular weight excluding hydrogens is 194 g/mol. The molecule has 1 aliphatic heterocycles. The van der Waals surface area contributed by atoms with Crippen molar-refractivity contribution in [1.29, 1.82) is 0 Å². The summed E-state index contributed by atoms with van der Waals surface area (Å²) in [5.74, 6) is 2.21. The van der Waals surface area contributed by atoms with Crippen LogP contribution in [0.25, 0.3) is 0 Å². The standard InChI is InChI=1S/C10H15N3O2/c1-2-4-11-7-10(15)13-6-3-5-12-9(14)8-13/h1,11H,3-8H2,(H,12,14). The number of carbonyl (C=O) groups is 2. The zero-order valence-electron chi connectivity index (χ0n) is 8.58. The molecule has 1 aliphatic rings. The summed E-state index contributed by atoms with van der Waals surface area (Å²) in [5.41, 5.74) is 0. The third-order valence-corrected chi connectivity index (χ3v) is 2.12. The molecule has 0 aromatic carbocycles. The molecule has 0 radical (unpaired) electrons. The van der Waals surface area contributed by atoms with E-state index in [1.54, 1.807) is 4.90 Å². The van der Waals surface area contributed by atoms with Gasteiger partial charge >= 0.3 is 0 Å². The van der Waals surface area contributed by atoms with Crippen LogP contribution >= 0.6 is 0 Å². The minimum absolute atomic E-state index is 0.0812. The van der Waals surface area contributed by atoms with Crippen molar-refractivity contribution in [2.45, 2.75) is 6.42 Å². The van der Waals surface area contributed by atoms with Crippen molar-refractivity contribution in [2.75, 3.05) is 32.7 Å². The molecule has 0 aromatic rings. The quantitative estimate of drug-likeness (QED) is 0.442. The molecule has 0 aromatic heterocycles. The van der Waals surface area contributed by atoms with Gasteiger partial charge in [-0.05, 0) is 6.42 Å². The van der Waals surface area contributed by atoms with E-state index < -0.39 is 0 Å². The van der Waals surface area contributed by atoms with Gasteiger partial charge in [-0.2, -0.15) is 0 Å². The molecule has 1 fully saturated rings.